The monoisotopic (exact) mass is 282 g/mol. The second-order valence-electron chi connectivity index (χ2n) is 6.43. The van der Waals surface area contributed by atoms with Crippen molar-refractivity contribution in [1.82, 2.24) is 10.6 Å². The molecule has 0 aromatic heterocycles. The topological polar surface area (TPSA) is 78.4 Å². The van der Waals surface area contributed by atoms with Gasteiger partial charge < -0.3 is 15.7 Å². The fourth-order valence-electron chi connectivity index (χ4n) is 3.38. The van der Waals surface area contributed by atoms with E-state index in [9.17, 15) is 9.59 Å². The summed E-state index contributed by atoms with van der Waals surface area (Å²) in [6, 6.07) is -0.135. The highest BCUT2D eigenvalue weighted by Crippen LogP contribution is 2.43. The molecule has 0 bridgehead atoms. The van der Waals surface area contributed by atoms with Crippen LogP contribution in [-0.4, -0.2) is 29.7 Å². The van der Waals surface area contributed by atoms with Gasteiger partial charge in [-0.2, -0.15) is 0 Å². The lowest BCUT2D eigenvalue weighted by Crippen LogP contribution is -2.49. The van der Waals surface area contributed by atoms with Crippen molar-refractivity contribution in [2.45, 2.75) is 64.3 Å². The van der Waals surface area contributed by atoms with Crippen molar-refractivity contribution in [1.29, 1.82) is 0 Å². The van der Waals surface area contributed by atoms with Gasteiger partial charge in [-0.15, -0.1) is 0 Å². The van der Waals surface area contributed by atoms with Crippen LogP contribution in [0.15, 0.2) is 0 Å². The van der Waals surface area contributed by atoms with E-state index in [0.29, 0.717) is 11.8 Å². The molecule has 114 valence electrons. The maximum Gasteiger partial charge on any atom is 0.315 e. The molecule has 2 fully saturated rings. The molecule has 0 radical (unpaired) electrons. The molecular formula is C15H26N2O3. The third-order valence-corrected chi connectivity index (χ3v) is 5.15. The van der Waals surface area contributed by atoms with Crippen molar-refractivity contribution in [2.24, 2.45) is 11.3 Å². The fourth-order valence-corrected chi connectivity index (χ4v) is 3.38. The largest absolute Gasteiger partial charge is 0.481 e. The van der Waals surface area contributed by atoms with E-state index in [1.165, 1.54) is 19.3 Å². The summed E-state index contributed by atoms with van der Waals surface area (Å²) in [4.78, 5) is 22.9. The van der Waals surface area contributed by atoms with E-state index in [4.69, 9.17) is 5.11 Å². The molecule has 2 atom stereocenters. The van der Waals surface area contributed by atoms with Gasteiger partial charge in [-0.25, -0.2) is 4.79 Å². The number of nitrogens with one attached hydrogen (secondary N) is 2. The van der Waals surface area contributed by atoms with Crippen molar-refractivity contribution >= 4 is 12.0 Å². The van der Waals surface area contributed by atoms with Crippen molar-refractivity contribution < 1.29 is 14.7 Å². The Hall–Kier alpha value is -1.26. The molecule has 0 spiro atoms. The Kier molecular flexibility index (Phi) is 4.89. The summed E-state index contributed by atoms with van der Waals surface area (Å²) in [6.45, 7) is 2.92. The molecule has 0 aliphatic heterocycles. The molecule has 2 rings (SSSR count). The van der Waals surface area contributed by atoms with Gasteiger partial charge in [-0.05, 0) is 43.9 Å². The second-order valence-corrected chi connectivity index (χ2v) is 6.43. The van der Waals surface area contributed by atoms with Crippen LogP contribution in [0, 0.1) is 11.3 Å². The van der Waals surface area contributed by atoms with Crippen molar-refractivity contribution in [2.75, 3.05) is 6.54 Å². The number of hydrogen-bond acceptors (Lipinski definition) is 2. The zero-order valence-electron chi connectivity index (χ0n) is 12.3. The molecule has 2 saturated carbocycles. The van der Waals surface area contributed by atoms with Crippen LogP contribution in [-0.2, 0) is 4.79 Å². The van der Waals surface area contributed by atoms with Crippen molar-refractivity contribution in [3.8, 4) is 0 Å². The number of carbonyl (C=O) groups excluding carboxylic acids is 1. The molecule has 2 aliphatic rings. The van der Waals surface area contributed by atoms with E-state index >= 15 is 0 Å². The number of amides is 2. The van der Waals surface area contributed by atoms with Crippen LogP contribution >= 0.6 is 0 Å². The first-order valence-corrected chi connectivity index (χ1v) is 7.82. The summed E-state index contributed by atoms with van der Waals surface area (Å²) in [5.74, 6) is -1.04. The van der Waals surface area contributed by atoms with E-state index < -0.39 is 5.97 Å². The minimum absolute atomic E-state index is 0.00353. The molecule has 2 amide bonds. The Bertz CT molecular complexity index is 361. The summed E-state index contributed by atoms with van der Waals surface area (Å²) in [5.41, 5.74) is 0.313. The van der Waals surface area contributed by atoms with E-state index in [1.807, 2.05) is 0 Å². The normalized spacial score (nSPS) is 28.2. The van der Waals surface area contributed by atoms with Crippen LogP contribution in [0.3, 0.4) is 0 Å². The first kappa shape index (κ1) is 15.1. The quantitative estimate of drug-likeness (QED) is 0.725. The Balaban J connectivity index is 1.72. The molecule has 0 saturated heterocycles. The van der Waals surface area contributed by atoms with Crippen LogP contribution in [0.5, 0.6) is 0 Å². The summed E-state index contributed by atoms with van der Waals surface area (Å²) in [6.07, 6.45) is 7.83. The van der Waals surface area contributed by atoms with Crippen molar-refractivity contribution in [3.05, 3.63) is 0 Å². The summed E-state index contributed by atoms with van der Waals surface area (Å²) >= 11 is 0. The third kappa shape index (κ3) is 3.64. The standard InChI is InChI=1S/C15H26N2O3/c1-2-15(7-4-8-15)10-16-14(20)17-12-6-3-5-11(9-12)13(18)19/h11-12H,2-10H2,1H3,(H,18,19)(H2,16,17,20). The highest BCUT2D eigenvalue weighted by molar-refractivity contribution is 5.74. The highest BCUT2D eigenvalue weighted by Gasteiger charge is 2.35. The molecule has 2 aliphatic carbocycles. The smallest absolute Gasteiger partial charge is 0.315 e. The number of aliphatic carboxylic acids is 1. The molecule has 3 N–H and O–H groups in total. The fraction of sp³-hybridized carbons (Fsp3) is 0.867. The van der Waals surface area contributed by atoms with Gasteiger partial charge in [0.2, 0.25) is 0 Å². The Morgan fingerprint density at radius 1 is 1.25 bits per heavy atom. The predicted molar refractivity (Wildman–Crippen MR) is 76.5 cm³/mol. The first-order valence-electron chi connectivity index (χ1n) is 7.82. The first-order chi connectivity index (χ1) is 9.54. The number of carbonyl (C=O) groups is 2. The van der Waals surface area contributed by atoms with Gasteiger partial charge in [-0.3, -0.25) is 4.79 Å². The molecular weight excluding hydrogens is 256 g/mol. The Morgan fingerprint density at radius 3 is 2.55 bits per heavy atom. The number of rotatable bonds is 5. The summed E-state index contributed by atoms with van der Waals surface area (Å²) < 4.78 is 0. The Labute approximate surface area is 120 Å². The zero-order valence-corrected chi connectivity index (χ0v) is 12.3. The van der Waals surface area contributed by atoms with E-state index in [2.05, 4.69) is 17.6 Å². The summed E-state index contributed by atoms with van der Waals surface area (Å²) in [5, 5.41) is 14.9. The van der Waals surface area contributed by atoms with Crippen LogP contribution in [0.2, 0.25) is 0 Å². The van der Waals surface area contributed by atoms with Gasteiger partial charge in [0, 0.05) is 12.6 Å². The molecule has 5 nitrogen and oxygen atoms in total. The summed E-state index contributed by atoms with van der Waals surface area (Å²) in [7, 11) is 0. The minimum Gasteiger partial charge on any atom is -0.481 e. The highest BCUT2D eigenvalue weighted by atomic mass is 16.4. The Morgan fingerprint density at radius 2 is 2.00 bits per heavy atom. The van der Waals surface area contributed by atoms with Gasteiger partial charge in [0.1, 0.15) is 0 Å². The van der Waals surface area contributed by atoms with Crippen LogP contribution in [0.25, 0.3) is 0 Å². The van der Waals surface area contributed by atoms with Gasteiger partial charge >= 0.3 is 12.0 Å². The minimum atomic E-state index is -0.740. The number of urea groups is 1. The lowest BCUT2D eigenvalue weighted by molar-refractivity contribution is -0.143. The second kappa shape index (κ2) is 6.46. The van der Waals surface area contributed by atoms with E-state index in [0.717, 1.165) is 32.2 Å². The molecule has 2 unspecified atom stereocenters. The predicted octanol–water partition coefficient (Wildman–Crippen LogP) is 2.51. The lowest BCUT2D eigenvalue weighted by atomic mass is 9.67. The van der Waals surface area contributed by atoms with Gasteiger partial charge in [0.15, 0.2) is 0 Å². The molecule has 20 heavy (non-hydrogen) atoms. The molecule has 0 aromatic rings. The van der Waals surface area contributed by atoms with E-state index in [-0.39, 0.29) is 18.0 Å². The van der Waals surface area contributed by atoms with Gasteiger partial charge in [0.05, 0.1) is 5.92 Å². The van der Waals surface area contributed by atoms with Crippen molar-refractivity contribution in [3.63, 3.8) is 0 Å². The van der Waals surface area contributed by atoms with Gasteiger partial charge in [-0.1, -0.05) is 19.8 Å². The molecule has 0 aromatic carbocycles. The number of hydrogen-bond donors (Lipinski definition) is 3. The van der Waals surface area contributed by atoms with Gasteiger partial charge in [0.25, 0.3) is 0 Å². The van der Waals surface area contributed by atoms with Crippen LogP contribution in [0.4, 0.5) is 4.79 Å². The van der Waals surface area contributed by atoms with E-state index in [1.54, 1.807) is 0 Å². The third-order valence-electron chi connectivity index (χ3n) is 5.15. The zero-order chi connectivity index (χ0) is 14.6. The SMILES string of the molecule is CCC1(CNC(=O)NC2CCCC(C(=O)O)C2)CCC1. The molecule has 5 heteroatoms. The van der Waals surface area contributed by atoms with Crippen LogP contribution in [0.1, 0.15) is 58.3 Å². The maximum absolute atomic E-state index is 11.9. The molecule has 0 heterocycles. The van der Waals surface area contributed by atoms with Crippen LogP contribution < -0.4 is 10.6 Å². The average molecular weight is 282 g/mol. The lowest BCUT2D eigenvalue weighted by Gasteiger charge is -2.41. The maximum atomic E-state index is 11.9. The number of carboxylic acids is 1. The number of carboxylic acid groups (broad SMARTS) is 1. The average Bonchev–Trinajstić information content (AvgIpc) is 2.38.